The molecular weight excluding hydrogens is 297 g/mol. The summed E-state index contributed by atoms with van der Waals surface area (Å²) in [6.07, 6.45) is 3.43. The average molecular weight is 315 g/mol. The van der Waals surface area contributed by atoms with Crippen LogP contribution in [0.5, 0.6) is 0 Å². The molecule has 0 unspecified atom stereocenters. The lowest BCUT2D eigenvalue weighted by Crippen LogP contribution is -2.50. The minimum Gasteiger partial charge on any atom is -0.392 e. The second-order valence-electron chi connectivity index (χ2n) is 5.51. The van der Waals surface area contributed by atoms with Crippen LogP contribution in [0.3, 0.4) is 0 Å². The van der Waals surface area contributed by atoms with Crippen molar-refractivity contribution in [3.8, 4) is 0 Å². The Balaban J connectivity index is 1.70. The number of hydrogen-bond donors (Lipinski definition) is 1. The number of rotatable bonds is 4. The van der Waals surface area contributed by atoms with Crippen molar-refractivity contribution in [2.24, 2.45) is 0 Å². The van der Waals surface area contributed by atoms with Gasteiger partial charge < -0.3 is 14.9 Å². The third kappa shape index (κ3) is 3.32. The summed E-state index contributed by atoms with van der Waals surface area (Å²) in [4.78, 5) is 19.9. The number of carbonyl (C=O) groups is 1. The van der Waals surface area contributed by atoms with E-state index in [1.165, 1.54) is 0 Å². The van der Waals surface area contributed by atoms with Gasteiger partial charge in [0.2, 0.25) is 5.91 Å². The van der Waals surface area contributed by atoms with Crippen molar-refractivity contribution in [3.63, 3.8) is 0 Å². The first kappa shape index (κ1) is 15.4. The van der Waals surface area contributed by atoms with E-state index < -0.39 is 5.82 Å². The fraction of sp³-hybridized carbons (Fsp3) is 0.294. The molecule has 1 amide bonds. The Labute approximate surface area is 134 Å². The summed E-state index contributed by atoms with van der Waals surface area (Å²) in [5.74, 6) is -0.502. The number of aromatic nitrogens is 1. The van der Waals surface area contributed by atoms with Gasteiger partial charge in [-0.3, -0.25) is 9.78 Å². The standard InChI is InChI=1S/C17H18FN3O2/c18-17-14(12-22)4-1-5-15(17)20-7-8-21(16(23)11-20)10-13-3-2-6-19-9-13/h1-6,9,22H,7-8,10-12H2. The van der Waals surface area contributed by atoms with Crippen molar-refractivity contribution in [2.45, 2.75) is 13.2 Å². The SMILES string of the molecule is O=C1CN(c2cccc(CO)c2F)CCN1Cc1cccnc1. The van der Waals surface area contributed by atoms with Crippen LogP contribution in [0.15, 0.2) is 42.7 Å². The molecule has 1 aliphatic rings. The quantitative estimate of drug-likeness (QED) is 0.930. The summed E-state index contributed by atoms with van der Waals surface area (Å²) in [7, 11) is 0. The van der Waals surface area contributed by atoms with Crippen molar-refractivity contribution >= 4 is 11.6 Å². The number of hydrogen-bond acceptors (Lipinski definition) is 4. The van der Waals surface area contributed by atoms with Crippen molar-refractivity contribution in [3.05, 3.63) is 59.7 Å². The maximum Gasteiger partial charge on any atom is 0.242 e. The number of amides is 1. The van der Waals surface area contributed by atoms with Crippen LogP contribution in [0, 0.1) is 5.82 Å². The van der Waals surface area contributed by atoms with Crippen molar-refractivity contribution in [1.82, 2.24) is 9.88 Å². The second-order valence-corrected chi connectivity index (χ2v) is 5.51. The molecule has 23 heavy (non-hydrogen) atoms. The first-order chi connectivity index (χ1) is 11.2. The average Bonchev–Trinajstić information content (AvgIpc) is 2.58. The minimum atomic E-state index is -0.455. The van der Waals surface area contributed by atoms with Crippen LogP contribution in [0.2, 0.25) is 0 Å². The van der Waals surface area contributed by atoms with Crippen LogP contribution in [0.4, 0.5) is 10.1 Å². The highest BCUT2D eigenvalue weighted by atomic mass is 19.1. The fourth-order valence-corrected chi connectivity index (χ4v) is 2.73. The highest BCUT2D eigenvalue weighted by Gasteiger charge is 2.26. The number of nitrogens with zero attached hydrogens (tertiary/aromatic N) is 3. The van der Waals surface area contributed by atoms with Crippen LogP contribution < -0.4 is 4.90 Å². The van der Waals surface area contributed by atoms with Gasteiger partial charge in [-0.15, -0.1) is 0 Å². The van der Waals surface area contributed by atoms with Crippen molar-refractivity contribution in [1.29, 1.82) is 0 Å². The normalized spacial score (nSPS) is 15.1. The van der Waals surface area contributed by atoms with E-state index in [0.29, 0.717) is 25.3 Å². The highest BCUT2D eigenvalue weighted by molar-refractivity contribution is 5.83. The maximum absolute atomic E-state index is 14.3. The molecule has 120 valence electrons. The number of carbonyl (C=O) groups excluding carboxylic acids is 1. The molecule has 0 radical (unpaired) electrons. The molecule has 2 heterocycles. The summed E-state index contributed by atoms with van der Waals surface area (Å²) in [5, 5.41) is 9.16. The number of aliphatic hydroxyl groups is 1. The van der Waals surface area contributed by atoms with Crippen LogP contribution >= 0.6 is 0 Å². The number of halogens is 1. The predicted octanol–water partition coefficient (Wildman–Crippen LogP) is 1.56. The molecule has 0 spiro atoms. The molecule has 6 heteroatoms. The van der Waals surface area contributed by atoms with Gasteiger partial charge in [-0.1, -0.05) is 18.2 Å². The summed E-state index contributed by atoms with van der Waals surface area (Å²) < 4.78 is 14.3. The number of aliphatic hydroxyl groups excluding tert-OH is 1. The van der Waals surface area contributed by atoms with E-state index in [2.05, 4.69) is 4.98 Å². The first-order valence-electron chi connectivity index (χ1n) is 7.49. The Morgan fingerprint density at radius 2 is 2.09 bits per heavy atom. The minimum absolute atomic E-state index is 0.0473. The molecule has 0 saturated carbocycles. The van der Waals surface area contributed by atoms with E-state index >= 15 is 0 Å². The molecule has 5 nitrogen and oxygen atoms in total. The molecule has 1 N–H and O–H groups in total. The van der Waals surface area contributed by atoms with Crippen LogP contribution in [0.1, 0.15) is 11.1 Å². The summed E-state index contributed by atoms with van der Waals surface area (Å²) >= 11 is 0. The molecule has 1 fully saturated rings. The van der Waals surface area contributed by atoms with Gasteiger partial charge in [0.05, 0.1) is 18.8 Å². The first-order valence-corrected chi connectivity index (χ1v) is 7.49. The Morgan fingerprint density at radius 3 is 2.78 bits per heavy atom. The van der Waals surface area contributed by atoms with Crippen molar-refractivity contribution in [2.75, 3.05) is 24.5 Å². The number of benzene rings is 1. The molecule has 1 saturated heterocycles. The van der Waals surface area contributed by atoms with Crippen LogP contribution in [-0.4, -0.2) is 40.5 Å². The molecule has 3 rings (SSSR count). The fourth-order valence-electron chi connectivity index (χ4n) is 2.73. The Hall–Kier alpha value is -2.47. The molecular formula is C17H18FN3O2. The monoisotopic (exact) mass is 315 g/mol. The molecule has 1 aliphatic heterocycles. The number of piperazine rings is 1. The molecule has 2 aromatic rings. The van der Waals surface area contributed by atoms with Gasteiger partial charge in [-0.05, 0) is 17.7 Å². The lowest BCUT2D eigenvalue weighted by atomic mass is 10.1. The predicted molar refractivity (Wildman–Crippen MR) is 84.2 cm³/mol. The second kappa shape index (κ2) is 6.75. The third-order valence-corrected chi connectivity index (χ3v) is 3.98. The Kier molecular flexibility index (Phi) is 4.52. The summed E-state index contributed by atoms with van der Waals surface area (Å²) in [6.45, 7) is 1.37. The van der Waals surface area contributed by atoms with Gasteiger partial charge in [0, 0.05) is 37.6 Å². The smallest absolute Gasteiger partial charge is 0.242 e. The van der Waals surface area contributed by atoms with Gasteiger partial charge in [0.25, 0.3) is 0 Å². The molecule has 0 aliphatic carbocycles. The zero-order chi connectivity index (χ0) is 16.2. The van der Waals surface area contributed by atoms with Gasteiger partial charge in [0.15, 0.2) is 5.82 Å². The summed E-state index contributed by atoms with van der Waals surface area (Å²) in [6, 6.07) is 8.64. The van der Waals surface area contributed by atoms with E-state index in [0.717, 1.165) is 5.56 Å². The zero-order valence-corrected chi connectivity index (χ0v) is 12.7. The number of pyridine rings is 1. The largest absolute Gasteiger partial charge is 0.392 e. The highest BCUT2D eigenvalue weighted by Crippen LogP contribution is 2.24. The van der Waals surface area contributed by atoms with Crippen LogP contribution in [0.25, 0.3) is 0 Å². The van der Waals surface area contributed by atoms with Crippen LogP contribution in [-0.2, 0) is 17.9 Å². The van der Waals surface area contributed by atoms with E-state index in [9.17, 15) is 9.18 Å². The molecule has 0 atom stereocenters. The topological polar surface area (TPSA) is 56.7 Å². The van der Waals surface area contributed by atoms with E-state index in [-0.39, 0.29) is 24.6 Å². The van der Waals surface area contributed by atoms with E-state index in [1.807, 2.05) is 12.1 Å². The third-order valence-electron chi connectivity index (χ3n) is 3.98. The molecule has 1 aromatic heterocycles. The lowest BCUT2D eigenvalue weighted by Gasteiger charge is -2.36. The van der Waals surface area contributed by atoms with Gasteiger partial charge >= 0.3 is 0 Å². The Morgan fingerprint density at radius 1 is 1.22 bits per heavy atom. The van der Waals surface area contributed by atoms with Crippen molar-refractivity contribution < 1.29 is 14.3 Å². The molecule has 0 bridgehead atoms. The van der Waals surface area contributed by atoms with E-state index in [1.54, 1.807) is 40.4 Å². The lowest BCUT2D eigenvalue weighted by molar-refractivity contribution is -0.131. The zero-order valence-electron chi connectivity index (χ0n) is 12.7. The Bertz CT molecular complexity index is 693. The number of anilines is 1. The molecule has 1 aromatic carbocycles. The van der Waals surface area contributed by atoms with Gasteiger partial charge in [-0.2, -0.15) is 0 Å². The van der Waals surface area contributed by atoms with E-state index in [4.69, 9.17) is 5.11 Å². The van der Waals surface area contributed by atoms with Gasteiger partial charge in [-0.25, -0.2) is 4.39 Å². The maximum atomic E-state index is 14.3. The summed E-state index contributed by atoms with van der Waals surface area (Å²) in [5.41, 5.74) is 1.58. The van der Waals surface area contributed by atoms with Gasteiger partial charge in [0.1, 0.15) is 0 Å².